The molecule has 0 saturated heterocycles. The lowest BCUT2D eigenvalue weighted by molar-refractivity contribution is 0.344. The van der Waals surface area contributed by atoms with Gasteiger partial charge >= 0.3 is 0 Å². The van der Waals surface area contributed by atoms with E-state index in [9.17, 15) is 0 Å². The third-order valence-electron chi connectivity index (χ3n) is 2.64. The van der Waals surface area contributed by atoms with Gasteiger partial charge < -0.3 is 4.42 Å². The summed E-state index contributed by atoms with van der Waals surface area (Å²) in [7, 11) is 0. The molecule has 0 amide bonds. The van der Waals surface area contributed by atoms with Crippen molar-refractivity contribution in [2.75, 3.05) is 0 Å². The zero-order valence-corrected chi connectivity index (χ0v) is 7.23. The molecule has 3 rings (SSSR count). The molecule has 2 aromatic rings. The van der Waals surface area contributed by atoms with Gasteiger partial charge in [0.2, 0.25) is 0 Å². The van der Waals surface area contributed by atoms with Gasteiger partial charge in [0.1, 0.15) is 0 Å². The van der Waals surface area contributed by atoms with Crippen LogP contribution in [0.25, 0.3) is 11.2 Å². The van der Waals surface area contributed by atoms with Gasteiger partial charge in [-0.1, -0.05) is 6.42 Å². The Bertz CT molecular complexity index is 398. The maximum atomic E-state index is 5.60. The summed E-state index contributed by atoms with van der Waals surface area (Å²) in [6, 6.07) is 3.79. The number of hydrogen-bond acceptors (Lipinski definition) is 3. The van der Waals surface area contributed by atoms with Crippen molar-refractivity contribution in [1.29, 1.82) is 0 Å². The van der Waals surface area contributed by atoms with E-state index in [2.05, 4.69) is 9.97 Å². The van der Waals surface area contributed by atoms with Crippen LogP contribution in [-0.4, -0.2) is 9.97 Å². The summed E-state index contributed by atoms with van der Waals surface area (Å²) < 4.78 is 5.60. The fourth-order valence-electron chi connectivity index (χ4n) is 1.62. The van der Waals surface area contributed by atoms with Gasteiger partial charge in [-0.05, 0) is 25.0 Å². The molecule has 0 bridgehead atoms. The standard InChI is InChI=1S/C10H10N2O/c1-3-7(4-1)10-12-9-8(13-10)5-2-6-11-9/h2,5-7H,1,3-4H2. The predicted octanol–water partition coefficient (Wildman–Crippen LogP) is 2.49. The highest BCUT2D eigenvalue weighted by atomic mass is 16.3. The Morgan fingerprint density at radius 3 is 3.00 bits per heavy atom. The number of rotatable bonds is 1. The molecule has 0 unspecified atom stereocenters. The Morgan fingerprint density at radius 2 is 2.31 bits per heavy atom. The molecule has 2 aromatic heterocycles. The fourth-order valence-corrected chi connectivity index (χ4v) is 1.62. The van der Waals surface area contributed by atoms with Crippen LogP contribution in [0.2, 0.25) is 0 Å². The molecule has 0 spiro atoms. The molecular weight excluding hydrogens is 164 g/mol. The normalized spacial score (nSPS) is 17.5. The molecule has 2 heterocycles. The average molecular weight is 174 g/mol. The minimum absolute atomic E-state index is 0.550. The van der Waals surface area contributed by atoms with E-state index in [0.717, 1.165) is 17.1 Å². The lowest BCUT2D eigenvalue weighted by atomic mass is 9.85. The van der Waals surface area contributed by atoms with Crippen molar-refractivity contribution in [3.05, 3.63) is 24.2 Å². The smallest absolute Gasteiger partial charge is 0.200 e. The summed E-state index contributed by atoms with van der Waals surface area (Å²) in [6.07, 6.45) is 5.48. The summed E-state index contributed by atoms with van der Waals surface area (Å²) in [4.78, 5) is 8.49. The molecule has 0 atom stereocenters. The van der Waals surface area contributed by atoms with Crippen LogP contribution in [0, 0.1) is 0 Å². The summed E-state index contributed by atoms with van der Waals surface area (Å²) >= 11 is 0. The largest absolute Gasteiger partial charge is 0.439 e. The molecule has 1 fully saturated rings. The molecule has 13 heavy (non-hydrogen) atoms. The second kappa shape index (κ2) is 2.55. The zero-order chi connectivity index (χ0) is 8.67. The van der Waals surface area contributed by atoms with Crippen molar-refractivity contribution >= 4 is 11.2 Å². The van der Waals surface area contributed by atoms with Crippen molar-refractivity contribution in [3.8, 4) is 0 Å². The van der Waals surface area contributed by atoms with E-state index >= 15 is 0 Å². The summed E-state index contributed by atoms with van der Waals surface area (Å²) in [5, 5.41) is 0. The third kappa shape index (κ3) is 1.03. The molecule has 3 heteroatoms. The van der Waals surface area contributed by atoms with E-state index < -0.39 is 0 Å². The van der Waals surface area contributed by atoms with Crippen molar-refractivity contribution in [1.82, 2.24) is 9.97 Å². The molecule has 0 radical (unpaired) electrons. The quantitative estimate of drug-likeness (QED) is 0.666. The average Bonchev–Trinajstić information content (AvgIpc) is 2.43. The lowest BCUT2D eigenvalue weighted by Crippen LogP contribution is -2.08. The van der Waals surface area contributed by atoms with E-state index in [0.29, 0.717) is 5.92 Å². The monoisotopic (exact) mass is 174 g/mol. The van der Waals surface area contributed by atoms with Gasteiger partial charge in [0.25, 0.3) is 0 Å². The third-order valence-corrected chi connectivity index (χ3v) is 2.64. The van der Waals surface area contributed by atoms with Gasteiger partial charge in [-0.25, -0.2) is 4.98 Å². The molecule has 3 nitrogen and oxygen atoms in total. The van der Waals surface area contributed by atoms with E-state index in [4.69, 9.17) is 4.42 Å². The van der Waals surface area contributed by atoms with Gasteiger partial charge in [-0.3, -0.25) is 0 Å². The molecule has 66 valence electrons. The summed E-state index contributed by atoms with van der Waals surface area (Å²) in [5.74, 6) is 1.43. The van der Waals surface area contributed by atoms with Crippen molar-refractivity contribution in [2.45, 2.75) is 25.2 Å². The first-order valence-electron chi connectivity index (χ1n) is 4.65. The number of aromatic nitrogens is 2. The van der Waals surface area contributed by atoms with Gasteiger partial charge in [0.15, 0.2) is 17.1 Å². The number of fused-ring (bicyclic) bond motifs is 1. The van der Waals surface area contributed by atoms with Crippen molar-refractivity contribution < 1.29 is 4.42 Å². The van der Waals surface area contributed by atoms with Gasteiger partial charge in [0, 0.05) is 12.1 Å². The highest BCUT2D eigenvalue weighted by Gasteiger charge is 2.24. The molecular formula is C10H10N2O. The zero-order valence-electron chi connectivity index (χ0n) is 7.23. The minimum atomic E-state index is 0.550. The topological polar surface area (TPSA) is 38.9 Å². The summed E-state index contributed by atoms with van der Waals surface area (Å²) in [6.45, 7) is 0. The second-order valence-corrected chi connectivity index (χ2v) is 3.51. The van der Waals surface area contributed by atoms with Gasteiger partial charge in [0.05, 0.1) is 0 Å². The van der Waals surface area contributed by atoms with Crippen LogP contribution < -0.4 is 0 Å². The minimum Gasteiger partial charge on any atom is -0.439 e. The number of hydrogen-bond donors (Lipinski definition) is 0. The Balaban J connectivity index is 2.10. The maximum Gasteiger partial charge on any atom is 0.200 e. The van der Waals surface area contributed by atoms with Crippen LogP contribution in [0.5, 0.6) is 0 Å². The Kier molecular flexibility index (Phi) is 1.39. The Hall–Kier alpha value is -1.38. The summed E-state index contributed by atoms with van der Waals surface area (Å²) in [5.41, 5.74) is 1.55. The van der Waals surface area contributed by atoms with E-state index in [-0.39, 0.29) is 0 Å². The molecule has 0 aliphatic heterocycles. The van der Waals surface area contributed by atoms with Crippen LogP contribution in [-0.2, 0) is 0 Å². The predicted molar refractivity (Wildman–Crippen MR) is 48.4 cm³/mol. The van der Waals surface area contributed by atoms with Crippen LogP contribution in [0.15, 0.2) is 22.7 Å². The van der Waals surface area contributed by atoms with E-state index in [1.54, 1.807) is 6.20 Å². The van der Waals surface area contributed by atoms with E-state index in [1.165, 1.54) is 19.3 Å². The Morgan fingerprint density at radius 1 is 1.38 bits per heavy atom. The Labute approximate surface area is 75.8 Å². The van der Waals surface area contributed by atoms with Crippen molar-refractivity contribution in [3.63, 3.8) is 0 Å². The second-order valence-electron chi connectivity index (χ2n) is 3.51. The number of pyridine rings is 1. The first-order valence-corrected chi connectivity index (χ1v) is 4.65. The van der Waals surface area contributed by atoms with Crippen molar-refractivity contribution in [2.24, 2.45) is 0 Å². The van der Waals surface area contributed by atoms with Crippen LogP contribution >= 0.6 is 0 Å². The van der Waals surface area contributed by atoms with Crippen LogP contribution in [0.4, 0.5) is 0 Å². The van der Waals surface area contributed by atoms with Crippen LogP contribution in [0.3, 0.4) is 0 Å². The molecule has 1 aliphatic carbocycles. The molecule has 0 aromatic carbocycles. The molecule has 0 N–H and O–H groups in total. The number of nitrogens with zero attached hydrogens (tertiary/aromatic N) is 2. The highest BCUT2D eigenvalue weighted by Crippen LogP contribution is 2.36. The molecule has 1 aliphatic rings. The van der Waals surface area contributed by atoms with E-state index in [1.807, 2.05) is 12.1 Å². The van der Waals surface area contributed by atoms with Crippen LogP contribution in [0.1, 0.15) is 31.1 Å². The lowest BCUT2D eigenvalue weighted by Gasteiger charge is -2.21. The first-order chi connectivity index (χ1) is 6.43. The first kappa shape index (κ1) is 7.06. The highest BCUT2D eigenvalue weighted by molar-refractivity contribution is 5.67. The fraction of sp³-hybridized carbons (Fsp3) is 0.400. The molecule has 1 saturated carbocycles. The SMILES string of the molecule is c1cnc2nc(C3CCC3)oc2c1. The number of oxazole rings is 1. The van der Waals surface area contributed by atoms with Gasteiger partial charge in [-0.15, -0.1) is 0 Å². The van der Waals surface area contributed by atoms with Gasteiger partial charge in [-0.2, -0.15) is 4.98 Å². The maximum absolute atomic E-state index is 5.60.